The predicted octanol–water partition coefficient (Wildman–Crippen LogP) is 3.59. The van der Waals surface area contributed by atoms with Gasteiger partial charge in [-0.2, -0.15) is 0 Å². The third-order valence-corrected chi connectivity index (χ3v) is 4.77. The van der Waals surface area contributed by atoms with Crippen molar-refractivity contribution >= 4 is 23.3 Å². The standard InChI is InChI=1S/C21H25N3O4/c1-27-17-9-5-8-16(13-17)22-21(26)24-12-6-7-15(14-24)20(25)23-18-10-3-4-11-19(18)28-2/h3-5,8-11,13,15H,6-7,12,14H2,1-2H3,(H,22,26)(H,23,25)/t15-/m1/s1. The van der Waals surface area contributed by atoms with Gasteiger partial charge in [0.2, 0.25) is 5.91 Å². The van der Waals surface area contributed by atoms with Gasteiger partial charge in [0.25, 0.3) is 0 Å². The first kappa shape index (κ1) is 19.5. The van der Waals surface area contributed by atoms with Crippen LogP contribution in [0.4, 0.5) is 16.2 Å². The van der Waals surface area contributed by atoms with Crippen LogP contribution in [-0.4, -0.2) is 44.1 Å². The fourth-order valence-corrected chi connectivity index (χ4v) is 3.26. The number of benzene rings is 2. The molecule has 3 amide bonds. The Morgan fingerprint density at radius 3 is 2.64 bits per heavy atom. The van der Waals surface area contributed by atoms with Crippen LogP contribution in [0.5, 0.6) is 11.5 Å². The summed E-state index contributed by atoms with van der Waals surface area (Å²) in [6.45, 7) is 0.991. The summed E-state index contributed by atoms with van der Waals surface area (Å²) < 4.78 is 10.5. The molecule has 1 aliphatic heterocycles. The monoisotopic (exact) mass is 383 g/mol. The molecule has 1 heterocycles. The molecule has 148 valence electrons. The first-order valence-electron chi connectivity index (χ1n) is 9.24. The van der Waals surface area contributed by atoms with Gasteiger partial charge < -0.3 is 25.0 Å². The molecule has 0 saturated carbocycles. The van der Waals surface area contributed by atoms with Crippen molar-refractivity contribution in [1.29, 1.82) is 0 Å². The van der Waals surface area contributed by atoms with Gasteiger partial charge in [-0.25, -0.2) is 4.79 Å². The number of hydrogen-bond acceptors (Lipinski definition) is 4. The van der Waals surface area contributed by atoms with E-state index in [1.807, 2.05) is 24.3 Å². The maximum absolute atomic E-state index is 12.7. The number of hydrogen-bond donors (Lipinski definition) is 2. The number of urea groups is 1. The fraction of sp³-hybridized carbons (Fsp3) is 0.333. The number of anilines is 2. The second-order valence-corrected chi connectivity index (χ2v) is 6.64. The van der Waals surface area contributed by atoms with Gasteiger partial charge in [-0.15, -0.1) is 0 Å². The maximum Gasteiger partial charge on any atom is 0.321 e. The third-order valence-electron chi connectivity index (χ3n) is 4.77. The number of nitrogens with zero attached hydrogens (tertiary/aromatic N) is 1. The number of piperidine rings is 1. The average Bonchev–Trinajstić information content (AvgIpc) is 2.74. The fourth-order valence-electron chi connectivity index (χ4n) is 3.26. The number of likely N-dealkylation sites (tertiary alicyclic amines) is 1. The van der Waals surface area contributed by atoms with Gasteiger partial charge in [0, 0.05) is 24.8 Å². The summed E-state index contributed by atoms with van der Waals surface area (Å²) >= 11 is 0. The minimum atomic E-state index is -0.269. The lowest BCUT2D eigenvalue weighted by atomic mass is 9.97. The Balaban J connectivity index is 1.61. The van der Waals surface area contributed by atoms with E-state index in [9.17, 15) is 9.59 Å². The minimum Gasteiger partial charge on any atom is -0.497 e. The van der Waals surface area contributed by atoms with Crippen molar-refractivity contribution < 1.29 is 19.1 Å². The molecule has 0 spiro atoms. The normalized spacial score (nSPS) is 16.2. The molecule has 2 aromatic carbocycles. The van der Waals surface area contributed by atoms with E-state index in [2.05, 4.69) is 10.6 Å². The zero-order valence-corrected chi connectivity index (χ0v) is 16.1. The molecule has 1 saturated heterocycles. The molecule has 0 aromatic heterocycles. The maximum atomic E-state index is 12.7. The van der Waals surface area contributed by atoms with Gasteiger partial charge >= 0.3 is 6.03 Å². The Hall–Kier alpha value is -3.22. The second kappa shape index (κ2) is 9.12. The molecule has 28 heavy (non-hydrogen) atoms. The van der Waals surface area contributed by atoms with E-state index in [1.54, 1.807) is 43.4 Å². The first-order chi connectivity index (χ1) is 13.6. The number of ether oxygens (including phenoxy) is 2. The van der Waals surface area contributed by atoms with Crippen molar-refractivity contribution in [1.82, 2.24) is 4.90 Å². The van der Waals surface area contributed by atoms with Crippen LogP contribution in [0.25, 0.3) is 0 Å². The van der Waals surface area contributed by atoms with Crippen LogP contribution >= 0.6 is 0 Å². The molecule has 0 bridgehead atoms. The van der Waals surface area contributed by atoms with E-state index >= 15 is 0 Å². The van der Waals surface area contributed by atoms with Gasteiger partial charge in [-0.1, -0.05) is 18.2 Å². The van der Waals surface area contributed by atoms with Gasteiger partial charge in [0.05, 0.1) is 25.8 Å². The van der Waals surface area contributed by atoms with Crippen LogP contribution in [0.3, 0.4) is 0 Å². The highest BCUT2D eigenvalue weighted by molar-refractivity contribution is 5.95. The van der Waals surface area contributed by atoms with E-state index in [-0.39, 0.29) is 17.9 Å². The van der Waals surface area contributed by atoms with Gasteiger partial charge in [-0.05, 0) is 37.1 Å². The summed E-state index contributed by atoms with van der Waals surface area (Å²) in [6, 6.07) is 14.2. The lowest BCUT2D eigenvalue weighted by molar-refractivity contribution is -0.121. The Labute approximate surface area is 164 Å². The molecule has 2 N–H and O–H groups in total. The summed E-state index contributed by atoms with van der Waals surface area (Å²) in [5.41, 5.74) is 1.29. The van der Waals surface area contributed by atoms with Crippen LogP contribution in [0.15, 0.2) is 48.5 Å². The number of carbonyl (C=O) groups excluding carboxylic acids is 2. The average molecular weight is 383 g/mol. The number of methoxy groups -OCH3 is 2. The number of carbonyl (C=O) groups is 2. The number of para-hydroxylation sites is 2. The van der Waals surface area contributed by atoms with E-state index < -0.39 is 0 Å². The van der Waals surface area contributed by atoms with Crippen molar-refractivity contribution in [2.75, 3.05) is 37.9 Å². The largest absolute Gasteiger partial charge is 0.497 e. The third kappa shape index (κ3) is 4.73. The molecule has 3 rings (SSSR count). The Morgan fingerprint density at radius 1 is 1.04 bits per heavy atom. The second-order valence-electron chi connectivity index (χ2n) is 6.64. The first-order valence-corrected chi connectivity index (χ1v) is 9.24. The molecule has 2 aromatic rings. The van der Waals surface area contributed by atoms with Crippen LogP contribution in [-0.2, 0) is 4.79 Å². The van der Waals surface area contributed by atoms with Gasteiger partial charge in [0.15, 0.2) is 0 Å². The quantitative estimate of drug-likeness (QED) is 0.827. The van der Waals surface area contributed by atoms with Crippen LogP contribution in [0.1, 0.15) is 12.8 Å². The zero-order chi connectivity index (χ0) is 19.9. The predicted molar refractivity (Wildman–Crippen MR) is 108 cm³/mol. The lowest BCUT2D eigenvalue weighted by Crippen LogP contribution is -2.45. The lowest BCUT2D eigenvalue weighted by Gasteiger charge is -2.32. The highest BCUT2D eigenvalue weighted by Crippen LogP contribution is 2.26. The Kier molecular flexibility index (Phi) is 6.37. The molecule has 0 unspecified atom stereocenters. The minimum absolute atomic E-state index is 0.108. The summed E-state index contributed by atoms with van der Waals surface area (Å²) in [4.78, 5) is 27.0. The molecule has 1 fully saturated rings. The van der Waals surface area contributed by atoms with Crippen molar-refractivity contribution in [2.45, 2.75) is 12.8 Å². The van der Waals surface area contributed by atoms with E-state index in [0.717, 1.165) is 12.8 Å². The molecule has 7 heteroatoms. The van der Waals surface area contributed by atoms with E-state index in [4.69, 9.17) is 9.47 Å². The number of amides is 3. The van der Waals surface area contributed by atoms with Gasteiger partial charge in [0.1, 0.15) is 11.5 Å². The Bertz CT molecular complexity index is 840. The molecule has 0 aliphatic carbocycles. The van der Waals surface area contributed by atoms with Gasteiger partial charge in [-0.3, -0.25) is 4.79 Å². The summed E-state index contributed by atoms with van der Waals surface area (Å²) in [7, 11) is 3.15. The molecular weight excluding hydrogens is 358 g/mol. The number of nitrogens with one attached hydrogen (secondary N) is 2. The van der Waals surface area contributed by atoms with Crippen LogP contribution in [0, 0.1) is 5.92 Å². The molecular formula is C21H25N3O4. The van der Waals surface area contributed by atoms with E-state index in [1.165, 1.54) is 0 Å². The SMILES string of the molecule is COc1cccc(NC(=O)N2CCC[C@@H](C(=O)Nc3ccccc3OC)C2)c1. The van der Waals surface area contributed by atoms with Crippen LogP contribution in [0.2, 0.25) is 0 Å². The van der Waals surface area contributed by atoms with Crippen molar-refractivity contribution in [2.24, 2.45) is 5.92 Å². The topological polar surface area (TPSA) is 79.9 Å². The van der Waals surface area contributed by atoms with Crippen LogP contribution < -0.4 is 20.1 Å². The van der Waals surface area contributed by atoms with E-state index in [0.29, 0.717) is 36.0 Å². The number of rotatable bonds is 5. The zero-order valence-electron chi connectivity index (χ0n) is 16.1. The Morgan fingerprint density at radius 2 is 1.86 bits per heavy atom. The molecule has 1 aliphatic rings. The molecule has 7 nitrogen and oxygen atoms in total. The summed E-state index contributed by atoms with van der Waals surface area (Å²) in [6.07, 6.45) is 1.51. The molecule has 0 radical (unpaired) electrons. The van der Waals surface area contributed by atoms with Crippen molar-refractivity contribution in [3.05, 3.63) is 48.5 Å². The molecule has 1 atom stereocenters. The van der Waals surface area contributed by atoms with Crippen molar-refractivity contribution in [3.8, 4) is 11.5 Å². The summed E-state index contributed by atoms with van der Waals surface area (Å²) in [5.74, 6) is 0.905. The highest BCUT2D eigenvalue weighted by Gasteiger charge is 2.29. The summed E-state index contributed by atoms with van der Waals surface area (Å²) in [5, 5.41) is 5.79. The van der Waals surface area contributed by atoms with Crippen molar-refractivity contribution in [3.63, 3.8) is 0 Å². The highest BCUT2D eigenvalue weighted by atomic mass is 16.5. The smallest absolute Gasteiger partial charge is 0.321 e.